The second-order valence-electron chi connectivity index (χ2n) is 8.23. The average Bonchev–Trinajstić information content (AvgIpc) is 3.47. The van der Waals surface area contributed by atoms with Crippen molar-refractivity contribution in [3.63, 3.8) is 0 Å². The number of pyridine rings is 1. The fourth-order valence-corrected chi connectivity index (χ4v) is 4.22. The SMILES string of the molecule is COc1cc2nccc(Oc3ccc(NC(=O)Nc4nccs4)c(F)c3)c2cc1NC(=O)OCc1ccccc1. The molecule has 3 amide bonds. The summed E-state index contributed by atoms with van der Waals surface area (Å²) in [5.41, 5.74) is 1.67. The van der Waals surface area contributed by atoms with Crippen LogP contribution in [0.2, 0.25) is 0 Å². The molecule has 2 aromatic heterocycles. The van der Waals surface area contributed by atoms with E-state index in [1.54, 1.807) is 29.8 Å². The van der Waals surface area contributed by atoms with Crippen LogP contribution in [0.1, 0.15) is 5.56 Å². The molecule has 0 saturated heterocycles. The van der Waals surface area contributed by atoms with Gasteiger partial charge in [0.05, 0.1) is 24.0 Å². The van der Waals surface area contributed by atoms with Crippen LogP contribution in [-0.4, -0.2) is 29.2 Å². The van der Waals surface area contributed by atoms with Gasteiger partial charge in [0.1, 0.15) is 29.7 Å². The van der Waals surface area contributed by atoms with Gasteiger partial charge < -0.3 is 19.5 Å². The molecule has 0 radical (unpaired) electrons. The minimum Gasteiger partial charge on any atom is -0.494 e. The number of nitrogens with one attached hydrogen (secondary N) is 3. The number of amides is 3. The Morgan fingerprint density at radius 2 is 1.75 bits per heavy atom. The summed E-state index contributed by atoms with van der Waals surface area (Å²) in [6.07, 6.45) is 2.41. The number of thiazole rings is 1. The first-order valence-electron chi connectivity index (χ1n) is 11.9. The molecule has 202 valence electrons. The average molecular weight is 560 g/mol. The number of carbonyl (C=O) groups excluding carboxylic acids is 2. The van der Waals surface area contributed by atoms with Crippen molar-refractivity contribution >= 4 is 50.9 Å². The molecule has 0 aliphatic rings. The molecule has 3 N–H and O–H groups in total. The van der Waals surface area contributed by atoms with E-state index in [4.69, 9.17) is 14.2 Å². The number of hydrogen-bond acceptors (Lipinski definition) is 8. The lowest BCUT2D eigenvalue weighted by molar-refractivity contribution is 0.155. The maximum Gasteiger partial charge on any atom is 0.412 e. The van der Waals surface area contributed by atoms with Crippen molar-refractivity contribution < 1.29 is 28.2 Å². The maximum atomic E-state index is 14.8. The van der Waals surface area contributed by atoms with E-state index in [-0.39, 0.29) is 18.0 Å². The van der Waals surface area contributed by atoms with Crippen LogP contribution in [0.25, 0.3) is 10.9 Å². The molecule has 12 heteroatoms. The topological polar surface area (TPSA) is 124 Å². The highest BCUT2D eigenvalue weighted by molar-refractivity contribution is 7.13. The molecule has 0 aliphatic heterocycles. The lowest BCUT2D eigenvalue weighted by Crippen LogP contribution is -2.19. The van der Waals surface area contributed by atoms with Crippen molar-refractivity contribution in [1.82, 2.24) is 9.97 Å². The Hall–Kier alpha value is -5.23. The number of fused-ring (bicyclic) bond motifs is 1. The highest BCUT2D eigenvalue weighted by Crippen LogP contribution is 2.36. The van der Waals surface area contributed by atoms with E-state index in [1.165, 1.54) is 36.8 Å². The standard InChI is InChI=1S/C28H22FN5O5S/c1-37-25-15-22-19(14-23(25)33-28(36)38-16-17-5-3-2-4-6-17)24(9-10-30-22)39-18-7-8-21(20(29)13-18)32-26(35)34-27-31-11-12-40-27/h2-15H,16H2,1H3,(H,33,36)(H2,31,32,34,35). The largest absolute Gasteiger partial charge is 0.494 e. The third kappa shape index (κ3) is 6.42. The van der Waals surface area contributed by atoms with Crippen LogP contribution in [0.5, 0.6) is 17.2 Å². The van der Waals surface area contributed by atoms with E-state index >= 15 is 0 Å². The number of aromatic nitrogens is 2. The third-order valence-electron chi connectivity index (χ3n) is 5.54. The van der Waals surface area contributed by atoms with E-state index in [2.05, 4.69) is 25.9 Å². The lowest BCUT2D eigenvalue weighted by atomic mass is 10.1. The summed E-state index contributed by atoms with van der Waals surface area (Å²) in [4.78, 5) is 32.9. The van der Waals surface area contributed by atoms with E-state index in [9.17, 15) is 14.0 Å². The molecular formula is C28H22FN5O5S. The number of halogens is 1. The molecule has 10 nitrogen and oxygen atoms in total. The summed E-state index contributed by atoms with van der Waals surface area (Å²) < 4.78 is 31.5. The summed E-state index contributed by atoms with van der Waals surface area (Å²) in [5, 5.41) is 10.3. The van der Waals surface area contributed by atoms with Crippen LogP contribution < -0.4 is 25.4 Å². The fraction of sp³-hybridized carbons (Fsp3) is 0.0714. The number of hydrogen-bond donors (Lipinski definition) is 3. The highest BCUT2D eigenvalue weighted by Gasteiger charge is 2.15. The predicted octanol–water partition coefficient (Wildman–Crippen LogP) is 7.02. The number of anilines is 3. The van der Waals surface area contributed by atoms with Gasteiger partial charge in [0, 0.05) is 35.3 Å². The minimum atomic E-state index is -0.699. The Balaban J connectivity index is 1.32. The zero-order valence-corrected chi connectivity index (χ0v) is 21.8. The van der Waals surface area contributed by atoms with Crippen LogP contribution in [0.3, 0.4) is 0 Å². The van der Waals surface area contributed by atoms with E-state index in [0.29, 0.717) is 33.2 Å². The summed E-state index contributed by atoms with van der Waals surface area (Å²) in [5.74, 6) is 0.208. The number of benzene rings is 3. The van der Waals surface area contributed by atoms with Gasteiger partial charge >= 0.3 is 12.1 Å². The maximum absolute atomic E-state index is 14.8. The number of ether oxygens (including phenoxy) is 3. The van der Waals surface area contributed by atoms with E-state index in [0.717, 1.165) is 11.6 Å². The van der Waals surface area contributed by atoms with Gasteiger partial charge in [-0.05, 0) is 29.8 Å². The van der Waals surface area contributed by atoms with E-state index in [1.807, 2.05) is 30.3 Å². The van der Waals surface area contributed by atoms with Crippen LogP contribution in [-0.2, 0) is 11.3 Å². The van der Waals surface area contributed by atoms with Crippen molar-refractivity contribution in [2.24, 2.45) is 0 Å². The summed E-state index contributed by atoms with van der Waals surface area (Å²) in [7, 11) is 1.47. The Morgan fingerprint density at radius 3 is 2.50 bits per heavy atom. The lowest BCUT2D eigenvalue weighted by Gasteiger charge is -2.14. The quantitative estimate of drug-likeness (QED) is 0.187. The van der Waals surface area contributed by atoms with Gasteiger partial charge in [-0.25, -0.2) is 19.0 Å². The molecule has 2 heterocycles. The molecule has 0 fully saturated rings. The summed E-state index contributed by atoms with van der Waals surface area (Å²) in [6, 6.07) is 17.6. The highest BCUT2D eigenvalue weighted by atomic mass is 32.1. The molecule has 0 saturated carbocycles. The first kappa shape index (κ1) is 26.4. The summed E-state index contributed by atoms with van der Waals surface area (Å²) in [6.45, 7) is 0.0987. The van der Waals surface area contributed by atoms with Crippen molar-refractivity contribution in [3.8, 4) is 17.2 Å². The zero-order valence-electron chi connectivity index (χ0n) is 21.0. The van der Waals surface area contributed by atoms with Gasteiger partial charge in [0.15, 0.2) is 5.13 Å². The summed E-state index contributed by atoms with van der Waals surface area (Å²) >= 11 is 1.24. The normalized spacial score (nSPS) is 10.6. The second-order valence-corrected chi connectivity index (χ2v) is 9.12. The van der Waals surface area contributed by atoms with Crippen LogP contribution >= 0.6 is 11.3 Å². The number of urea groups is 1. The molecule has 5 rings (SSSR count). The van der Waals surface area contributed by atoms with Crippen molar-refractivity contribution in [2.75, 3.05) is 23.1 Å². The van der Waals surface area contributed by atoms with Crippen molar-refractivity contribution in [3.05, 3.63) is 95.9 Å². The second kappa shape index (κ2) is 12.1. The van der Waals surface area contributed by atoms with Gasteiger partial charge in [-0.3, -0.25) is 15.6 Å². The first-order valence-corrected chi connectivity index (χ1v) is 12.8. The zero-order chi connectivity index (χ0) is 27.9. The molecule has 0 bridgehead atoms. The molecule has 40 heavy (non-hydrogen) atoms. The molecule has 0 aliphatic carbocycles. The van der Waals surface area contributed by atoms with Crippen molar-refractivity contribution in [1.29, 1.82) is 0 Å². The fourth-order valence-electron chi connectivity index (χ4n) is 3.70. The Kier molecular flexibility index (Phi) is 7.97. The molecule has 5 aromatic rings. The first-order chi connectivity index (χ1) is 19.5. The number of nitrogens with zero attached hydrogens (tertiary/aromatic N) is 2. The predicted molar refractivity (Wildman–Crippen MR) is 150 cm³/mol. The van der Waals surface area contributed by atoms with Crippen LogP contribution in [0.4, 0.5) is 30.5 Å². The van der Waals surface area contributed by atoms with Gasteiger partial charge in [-0.15, -0.1) is 11.3 Å². The van der Waals surface area contributed by atoms with Crippen LogP contribution in [0, 0.1) is 5.82 Å². The number of rotatable bonds is 8. The van der Waals surface area contributed by atoms with Gasteiger partial charge in [-0.2, -0.15) is 0 Å². The number of methoxy groups -OCH3 is 1. The van der Waals surface area contributed by atoms with Crippen molar-refractivity contribution in [2.45, 2.75) is 6.61 Å². The molecule has 0 atom stereocenters. The molecule has 3 aromatic carbocycles. The van der Waals surface area contributed by atoms with E-state index < -0.39 is 17.9 Å². The molecule has 0 unspecified atom stereocenters. The minimum absolute atomic E-state index is 0.0359. The Bertz CT molecular complexity index is 1650. The smallest absolute Gasteiger partial charge is 0.412 e. The third-order valence-corrected chi connectivity index (χ3v) is 6.23. The monoisotopic (exact) mass is 559 g/mol. The Morgan fingerprint density at radius 1 is 0.900 bits per heavy atom. The Labute approximate surface area is 231 Å². The molecule has 0 spiro atoms. The van der Waals surface area contributed by atoms with Crippen LogP contribution in [0.15, 0.2) is 84.5 Å². The van der Waals surface area contributed by atoms with Gasteiger partial charge in [0.25, 0.3) is 0 Å². The van der Waals surface area contributed by atoms with Gasteiger partial charge in [0.2, 0.25) is 0 Å². The molecular weight excluding hydrogens is 537 g/mol. The van der Waals surface area contributed by atoms with Gasteiger partial charge in [-0.1, -0.05) is 30.3 Å². The number of carbonyl (C=O) groups is 2.